The lowest BCUT2D eigenvalue weighted by Crippen LogP contribution is -2.41. The number of amides is 1. The van der Waals surface area contributed by atoms with Gasteiger partial charge in [-0.1, -0.05) is 0 Å². The Morgan fingerprint density at radius 1 is 1.21 bits per heavy atom. The lowest BCUT2D eigenvalue weighted by atomic mass is 10.1. The van der Waals surface area contributed by atoms with E-state index in [9.17, 15) is 13.6 Å². The Morgan fingerprint density at radius 2 is 1.96 bits per heavy atom. The van der Waals surface area contributed by atoms with Gasteiger partial charge in [0.15, 0.2) is 28.1 Å². The summed E-state index contributed by atoms with van der Waals surface area (Å²) in [7, 11) is 0. The fourth-order valence-corrected chi connectivity index (χ4v) is 4.15. The van der Waals surface area contributed by atoms with Crippen molar-refractivity contribution >= 4 is 17.4 Å². The molecule has 3 heterocycles. The molecule has 0 spiro atoms. The van der Waals surface area contributed by atoms with Gasteiger partial charge in [-0.15, -0.1) is 10.2 Å². The Kier molecular flexibility index (Phi) is 3.80. The molecule has 1 fully saturated rings. The first-order valence-electron chi connectivity index (χ1n) is 8.99. The van der Waals surface area contributed by atoms with Crippen molar-refractivity contribution in [3.8, 4) is 10.8 Å². The molecule has 0 N–H and O–H groups in total. The second-order valence-electron chi connectivity index (χ2n) is 7.10. The summed E-state index contributed by atoms with van der Waals surface area (Å²) in [5, 5.41) is 9.00. The summed E-state index contributed by atoms with van der Waals surface area (Å²) >= 11 is 1.11. The number of nitrogens with zero attached hydrogens (tertiary/aromatic N) is 6. The lowest BCUT2D eigenvalue weighted by Gasteiger charge is -2.33. The van der Waals surface area contributed by atoms with Crippen LogP contribution in [0.1, 0.15) is 47.8 Å². The summed E-state index contributed by atoms with van der Waals surface area (Å²) in [6.07, 6.45) is 0.914. The van der Waals surface area contributed by atoms with Gasteiger partial charge < -0.3 is 9.47 Å². The zero-order valence-electron chi connectivity index (χ0n) is 15.0. The Hall–Kier alpha value is -2.75. The molecular formula is C18H16F2N6OS. The highest BCUT2D eigenvalue weighted by Crippen LogP contribution is 2.48. The van der Waals surface area contributed by atoms with Crippen LogP contribution in [0.3, 0.4) is 0 Å². The van der Waals surface area contributed by atoms with Gasteiger partial charge in [-0.25, -0.2) is 13.8 Å². The van der Waals surface area contributed by atoms with E-state index in [2.05, 4.69) is 19.6 Å². The summed E-state index contributed by atoms with van der Waals surface area (Å²) in [4.78, 5) is 18.8. The molecule has 1 amide bonds. The third-order valence-corrected chi connectivity index (χ3v) is 5.96. The van der Waals surface area contributed by atoms with Crippen LogP contribution in [0.5, 0.6) is 0 Å². The first-order valence-corrected chi connectivity index (χ1v) is 9.77. The molecule has 0 radical (unpaired) electrons. The minimum Gasteiger partial charge on any atom is -0.327 e. The third kappa shape index (κ3) is 2.70. The first-order chi connectivity index (χ1) is 13.5. The van der Waals surface area contributed by atoms with Crippen molar-refractivity contribution in [2.24, 2.45) is 0 Å². The number of rotatable bonds is 3. The first kappa shape index (κ1) is 17.4. The highest BCUT2D eigenvalue weighted by molar-refractivity contribution is 7.09. The van der Waals surface area contributed by atoms with E-state index >= 15 is 0 Å². The van der Waals surface area contributed by atoms with Crippen molar-refractivity contribution in [2.75, 3.05) is 6.54 Å². The maximum atomic E-state index is 14.2. The van der Waals surface area contributed by atoms with E-state index in [0.29, 0.717) is 48.2 Å². The molecule has 1 aliphatic carbocycles. The zero-order valence-corrected chi connectivity index (χ0v) is 15.8. The lowest BCUT2D eigenvalue weighted by molar-refractivity contribution is 0.0638. The van der Waals surface area contributed by atoms with Crippen molar-refractivity contribution in [2.45, 2.75) is 38.0 Å². The van der Waals surface area contributed by atoms with E-state index in [0.717, 1.165) is 11.5 Å². The largest absolute Gasteiger partial charge is 0.327 e. The number of halogens is 2. The van der Waals surface area contributed by atoms with Crippen LogP contribution in [-0.2, 0) is 12.2 Å². The maximum Gasteiger partial charge on any atom is 0.254 e. The number of carbonyl (C=O) groups is 1. The molecular weight excluding hydrogens is 386 g/mol. The Balaban J connectivity index is 1.42. The maximum absolute atomic E-state index is 14.2. The van der Waals surface area contributed by atoms with Gasteiger partial charge in [0.2, 0.25) is 0 Å². The minimum absolute atomic E-state index is 0.186. The van der Waals surface area contributed by atoms with Crippen LogP contribution in [0.25, 0.3) is 10.8 Å². The number of hydrogen-bond donors (Lipinski definition) is 0. The topological polar surface area (TPSA) is 76.8 Å². The van der Waals surface area contributed by atoms with Crippen molar-refractivity contribution in [1.29, 1.82) is 0 Å². The average molecular weight is 402 g/mol. The molecule has 7 nitrogen and oxygen atoms in total. The monoisotopic (exact) mass is 402 g/mol. The van der Waals surface area contributed by atoms with Gasteiger partial charge >= 0.3 is 0 Å². The summed E-state index contributed by atoms with van der Waals surface area (Å²) in [5.74, 6) is 0.834. The molecule has 1 atom stereocenters. The van der Waals surface area contributed by atoms with Crippen molar-refractivity contribution in [3.05, 3.63) is 47.3 Å². The van der Waals surface area contributed by atoms with Crippen LogP contribution in [0.4, 0.5) is 8.78 Å². The van der Waals surface area contributed by atoms with Gasteiger partial charge in [-0.05, 0) is 55.6 Å². The van der Waals surface area contributed by atoms with Crippen LogP contribution >= 0.6 is 11.5 Å². The van der Waals surface area contributed by atoms with Crippen molar-refractivity contribution in [3.63, 3.8) is 0 Å². The van der Waals surface area contributed by atoms with E-state index in [4.69, 9.17) is 0 Å². The SMILES string of the molecule is CC1c2nnc(-c3nc(C4(F)CC4)ns3)n2CCN1C(=O)c1ccc(F)cc1. The van der Waals surface area contributed by atoms with E-state index in [1.807, 2.05) is 11.5 Å². The third-order valence-electron chi connectivity index (χ3n) is 5.24. The molecule has 1 unspecified atom stereocenters. The second-order valence-corrected chi connectivity index (χ2v) is 7.86. The Morgan fingerprint density at radius 3 is 2.68 bits per heavy atom. The van der Waals surface area contributed by atoms with Crippen LogP contribution in [0.15, 0.2) is 24.3 Å². The number of fused-ring (bicyclic) bond motifs is 1. The molecule has 0 bridgehead atoms. The van der Waals surface area contributed by atoms with Crippen molar-refractivity contribution < 1.29 is 13.6 Å². The van der Waals surface area contributed by atoms with Crippen LogP contribution in [0.2, 0.25) is 0 Å². The van der Waals surface area contributed by atoms with E-state index < -0.39 is 5.67 Å². The normalized spacial score (nSPS) is 20.1. The summed E-state index contributed by atoms with van der Waals surface area (Å²) in [6.45, 7) is 2.82. The molecule has 10 heteroatoms. The standard InChI is InChI=1S/C18H16F2N6OS/c1-10-13-22-23-14(15-21-17(24-28-15)18(20)6-7-18)26(13)9-8-25(10)16(27)11-2-4-12(19)5-3-11/h2-5,10H,6-9H2,1H3. The Labute approximate surface area is 163 Å². The second kappa shape index (κ2) is 6.13. The van der Waals surface area contributed by atoms with Gasteiger partial charge in [0.1, 0.15) is 5.82 Å². The molecule has 1 aliphatic heterocycles. The fraction of sp³-hybridized carbons (Fsp3) is 0.389. The molecule has 1 saturated carbocycles. The summed E-state index contributed by atoms with van der Waals surface area (Å²) in [5.41, 5.74) is -0.960. The number of hydrogen-bond acceptors (Lipinski definition) is 6. The predicted octanol–water partition coefficient (Wildman–Crippen LogP) is 3.11. The fourth-order valence-electron chi connectivity index (χ4n) is 3.41. The van der Waals surface area contributed by atoms with Crippen LogP contribution in [-0.4, -0.2) is 41.5 Å². The van der Waals surface area contributed by atoms with E-state index in [-0.39, 0.29) is 23.6 Å². The van der Waals surface area contributed by atoms with Crippen LogP contribution in [0, 0.1) is 5.82 Å². The molecule has 3 aromatic rings. The number of alkyl halides is 1. The smallest absolute Gasteiger partial charge is 0.254 e. The summed E-state index contributed by atoms with van der Waals surface area (Å²) < 4.78 is 33.4. The van der Waals surface area contributed by atoms with Gasteiger partial charge in [-0.2, -0.15) is 4.37 Å². The van der Waals surface area contributed by atoms with E-state index in [1.165, 1.54) is 24.3 Å². The molecule has 28 heavy (non-hydrogen) atoms. The zero-order chi connectivity index (χ0) is 19.5. The predicted molar refractivity (Wildman–Crippen MR) is 96.8 cm³/mol. The Bertz CT molecular complexity index is 1060. The van der Waals surface area contributed by atoms with Crippen LogP contribution < -0.4 is 0 Å². The molecule has 2 aromatic heterocycles. The van der Waals surface area contributed by atoms with E-state index in [1.54, 1.807) is 4.90 Å². The number of aromatic nitrogens is 5. The summed E-state index contributed by atoms with van der Waals surface area (Å²) in [6, 6.07) is 5.18. The van der Waals surface area contributed by atoms with Gasteiger partial charge in [0, 0.05) is 18.7 Å². The molecule has 144 valence electrons. The average Bonchev–Trinajstić information content (AvgIpc) is 3.11. The van der Waals surface area contributed by atoms with Crippen molar-refractivity contribution in [1.82, 2.24) is 29.0 Å². The van der Waals surface area contributed by atoms with Gasteiger partial charge in [-0.3, -0.25) is 4.79 Å². The van der Waals surface area contributed by atoms with Gasteiger partial charge in [0.25, 0.3) is 5.91 Å². The highest BCUT2D eigenvalue weighted by atomic mass is 32.1. The van der Waals surface area contributed by atoms with Gasteiger partial charge in [0.05, 0.1) is 6.04 Å². The minimum atomic E-state index is -1.38. The molecule has 5 rings (SSSR count). The quantitative estimate of drug-likeness (QED) is 0.673. The molecule has 1 aromatic carbocycles. The number of carbonyl (C=O) groups excluding carboxylic acids is 1. The molecule has 2 aliphatic rings. The highest BCUT2D eigenvalue weighted by Gasteiger charge is 2.49. The molecule has 0 saturated heterocycles. The number of benzene rings is 1.